The molecule has 1 aromatic carbocycles. The van der Waals surface area contributed by atoms with Gasteiger partial charge in [0.1, 0.15) is 5.75 Å². The second-order valence-corrected chi connectivity index (χ2v) is 6.80. The maximum absolute atomic E-state index is 12.1. The van der Waals surface area contributed by atoms with Crippen molar-refractivity contribution in [1.82, 2.24) is 5.43 Å². The van der Waals surface area contributed by atoms with E-state index in [4.69, 9.17) is 16.3 Å². The van der Waals surface area contributed by atoms with Crippen molar-refractivity contribution in [3.63, 3.8) is 0 Å². The van der Waals surface area contributed by atoms with Crippen LogP contribution in [0, 0.1) is 24.7 Å². The van der Waals surface area contributed by atoms with Crippen LogP contribution in [0.3, 0.4) is 0 Å². The van der Waals surface area contributed by atoms with Crippen molar-refractivity contribution < 1.29 is 9.53 Å². The molecule has 2 bridgehead atoms. The first-order valence-corrected chi connectivity index (χ1v) is 8.35. The summed E-state index contributed by atoms with van der Waals surface area (Å²) >= 11 is 5.91. The van der Waals surface area contributed by atoms with E-state index in [0.717, 1.165) is 12.0 Å². The summed E-state index contributed by atoms with van der Waals surface area (Å²) in [6.45, 7) is 3.60. The lowest BCUT2D eigenvalue weighted by Gasteiger charge is -2.15. The zero-order valence-corrected chi connectivity index (χ0v) is 14.1. The predicted octanol–water partition coefficient (Wildman–Crippen LogP) is 3.73. The molecule has 0 spiro atoms. The number of carbonyl (C=O) groups excluding carboxylic acids is 1. The smallest absolute Gasteiger partial charge is 0.280 e. The van der Waals surface area contributed by atoms with Crippen molar-refractivity contribution in [2.75, 3.05) is 0 Å². The van der Waals surface area contributed by atoms with Crippen LogP contribution >= 0.6 is 11.6 Å². The summed E-state index contributed by atoms with van der Waals surface area (Å²) in [5, 5.41) is 4.76. The van der Waals surface area contributed by atoms with Crippen LogP contribution in [-0.2, 0) is 4.79 Å². The molecule has 0 heterocycles. The second kappa shape index (κ2) is 6.75. The zero-order valence-electron chi connectivity index (χ0n) is 13.3. The molecule has 1 amide bonds. The van der Waals surface area contributed by atoms with Crippen LogP contribution in [0.15, 0.2) is 35.5 Å². The minimum absolute atomic E-state index is 0.255. The average Bonchev–Trinajstić information content (AvgIpc) is 3.12. The standard InChI is InChI=1S/C18H21ClN2O2/c1-11-7-16(19)5-6-17(11)23-12(2)18(22)21-20-10-15-9-13-3-4-14(15)8-13/h3-7,10,12-15H,8-9H2,1-2H3,(H,21,22)/b20-10+. The number of carbonyl (C=O) groups is 1. The molecule has 4 unspecified atom stereocenters. The van der Waals surface area contributed by atoms with E-state index in [1.807, 2.05) is 19.2 Å². The predicted molar refractivity (Wildman–Crippen MR) is 91.8 cm³/mol. The molecule has 1 N–H and O–H groups in total. The molecule has 5 heteroatoms. The first kappa shape index (κ1) is 16.1. The number of amides is 1. The van der Waals surface area contributed by atoms with E-state index < -0.39 is 6.10 Å². The fraction of sp³-hybridized carbons (Fsp3) is 0.444. The molecule has 1 fully saturated rings. The molecule has 1 saturated carbocycles. The molecule has 23 heavy (non-hydrogen) atoms. The van der Waals surface area contributed by atoms with Crippen molar-refractivity contribution in [3.8, 4) is 5.75 Å². The Bertz CT molecular complexity index is 656. The molecule has 122 valence electrons. The van der Waals surface area contributed by atoms with Gasteiger partial charge in [-0.05, 0) is 62.3 Å². The molecular weight excluding hydrogens is 312 g/mol. The second-order valence-electron chi connectivity index (χ2n) is 6.37. The number of rotatable bonds is 5. The van der Waals surface area contributed by atoms with E-state index in [1.165, 1.54) is 6.42 Å². The summed E-state index contributed by atoms with van der Waals surface area (Å²) in [6, 6.07) is 5.32. The molecule has 2 aliphatic carbocycles. The Labute approximate surface area is 141 Å². The Hall–Kier alpha value is -1.81. The fourth-order valence-corrected chi connectivity index (χ4v) is 3.50. The fourth-order valence-electron chi connectivity index (χ4n) is 3.27. The Balaban J connectivity index is 1.50. The highest BCUT2D eigenvalue weighted by Gasteiger charge is 2.34. The monoisotopic (exact) mass is 332 g/mol. The Morgan fingerprint density at radius 2 is 2.26 bits per heavy atom. The quantitative estimate of drug-likeness (QED) is 0.507. The van der Waals surface area contributed by atoms with Gasteiger partial charge in [0, 0.05) is 17.2 Å². The van der Waals surface area contributed by atoms with Crippen LogP contribution in [0.2, 0.25) is 5.02 Å². The number of allylic oxidation sites excluding steroid dienone is 2. The summed E-state index contributed by atoms with van der Waals surface area (Å²) in [6.07, 6.45) is 8.16. The third-order valence-electron chi connectivity index (χ3n) is 4.58. The van der Waals surface area contributed by atoms with Crippen molar-refractivity contribution in [3.05, 3.63) is 40.9 Å². The lowest BCUT2D eigenvalue weighted by atomic mass is 9.95. The number of nitrogens with one attached hydrogen (secondary N) is 1. The van der Waals surface area contributed by atoms with Gasteiger partial charge in [-0.3, -0.25) is 4.79 Å². The van der Waals surface area contributed by atoms with E-state index in [-0.39, 0.29) is 5.91 Å². The lowest BCUT2D eigenvalue weighted by Crippen LogP contribution is -2.33. The van der Waals surface area contributed by atoms with Crippen LogP contribution in [0.4, 0.5) is 0 Å². The molecule has 1 aromatic rings. The van der Waals surface area contributed by atoms with E-state index >= 15 is 0 Å². The summed E-state index contributed by atoms with van der Waals surface area (Å²) < 4.78 is 5.68. The third-order valence-corrected chi connectivity index (χ3v) is 4.82. The van der Waals surface area contributed by atoms with Gasteiger partial charge >= 0.3 is 0 Å². The summed E-state index contributed by atoms with van der Waals surface area (Å²) in [5.41, 5.74) is 3.47. The minimum Gasteiger partial charge on any atom is -0.481 e. The summed E-state index contributed by atoms with van der Waals surface area (Å²) in [5.74, 6) is 2.13. The number of hydrogen-bond donors (Lipinski definition) is 1. The lowest BCUT2D eigenvalue weighted by molar-refractivity contribution is -0.127. The molecule has 0 aromatic heterocycles. The van der Waals surface area contributed by atoms with Gasteiger partial charge in [0.15, 0.2) is 6.10 Å². The molecular formula is C18H21ClN2O2. The Morgan fingerprint density at radius 1 is 1.43 bits per heavy atom. The number of fused-ring (bicyclic) bond motifs is 2. The van der Waals surface area contributed by atoms with Gasteiger partial charge in [-0.25, -0.2) is 5.43 Å². The van der Waals surface area contributed by atoms with E-state index in [2.05, 4.69) is 22.7 Å². The molecule has 3 rings (SSSR count). The largest absolute Gasteiger partial charge is 0.481 e. The summed E-state index contributed by atoms with van der Waals surface area (Å²) in [7, 11) is 0. The zero-order chi connectivity index (χ0) is 16.4. The first-order chi connectivity index (χ1) is 11.0. The molecule has 0 saturated heterocycles. The van der Waals surface area contributed by atoms with E-state index in [0.29, 0.717) is 28.5 Å². The van der Waals surface area contributed by atoms with Crippen LogP contribution in [-0.4, -0.2) is 18.2 Å². The number of benzene rings is 1. The van der Waals surface area contributed by atoms with Crippen LogP contribution in [0.25, 0.3) is 0 Å². The van der Waals surface area contributed by atoms with Crippen molar-refractivity contribution >= 4 is 23.7 Å². The van der Waals surface area contributed by atoms with E-state index in [9.17, 15) is 4.79 Å². The number of aryl methyl sites for hydroxylation is 1. The highest BCUT2D eigenvalue weighted by atomic mass is 35.5. The van der Waals surface area contributed by atoms with Crippen LogP contribution < -0.4 is 10.2 Å². The van der Waals surface area contributed by atoms with Crippen molar-refractivity contribution in [1.29, 1.82) is 0 Å². The average molecular weight is 333 g/mol. The topological polar surface area (TPSA) is 50.7 Å². The Morgan fingerprint density at radius 3 is 2.91 bits per heavy atom. The molecule has 0 radical (unpaired) electrons. The van der Waals surface area contributed by atoms with Gasteiger partial charge in [-0.2, -0.15) is 5.10 Å². The maximum Gasteiger partial charge on any atom is 0.280 e. The Kier molecular flexibility index (Phi) is 4.71. The first-order valence-electron chi connectivity index (χ1n) is 7.97. The van der Waals surface area contributed by atoms with Crippen LogP contribution in [0.1, 0.15) is 25.3 Å². The SMILES string of the molecule is Cc1cc(Cl)ccc1OC(C)C(=O)N/N=C/C1CC2C=CC1C2. The maximum atomic E-state index is 12.1. The minimum atomic E-state index is -0.619. The molecule has 4 atom stereocenters. The highest BCUT2D eigenvalue weighted by Crippen LogP contribution is 2.42. The van der Waals surface area contributed by atoms with E-state index in [1.54, 1.807) is 19.1 Å². The van der Waals surface area contributed by atoms with Gasteiger partial charge in [-0.1, -0.05) is 23.8 Å². The molecule has 4 nitrogen and oxygen atoms in total. The molecule has 0 aliphatic heterocycles. The number of halogens is 1. The van der Waals surface area contributed by atoms with Crippen molar-refractivity contribution in [2.45, 2.75) is 32.8 Å². The summed E-state index contributed by atoms with van der Waals surface area (Å²) in [4.78, 5) is 12.1. The van der Waals surface area contributed by atoms with Gasteiger partial charge in [0.2, 0.25) is 0 Å². The number of nitrogens with zero attached hydrogens (tertiary/aromatic N) is 1. The van der Waals surface area contributed by atoms with Gasteiger partial charge in [-0.15, -0.1) is 0 Å². The van der Waals surface area contributed by atoms with Gasteiger partial charge in [0.25, 0.3) is 5.91 Å². The van der Waals surface area contributed by atoms with Gasteiger partial charge in [0.05, 0.1) is 0 Å². The normalized spacial score (nSPS) is 26.7. The number of hydrogen-bond acceptors (Lipinski definition) is 3. The van der Waals surface area contributed by atoms with Crippen molar-refractivity contribution in [2.24, 2.45) is 22.9 Å². The third kappa shape index (κ3) is 3.75. The van der Waals surface area contributed by atoms with Gasteiger partial charge < -0.3 is 4.74 Å². The molecule has 2 aliphatic rings. The number of ether oxygens (including phenoxy) is 1. The highest BCUT2D eigenvalue weighted by molar-refractivity contribution is 6.30. The number of hydrazone groups is 1. The van der Waals surface area contributed by atoms with Crippen LogP contribution in [0.5, 0.6) is 5.75 Å².